The van der Waals surface area contributed by atoms with E-state index in [0.29, 0.717) is 83.6 Å². The summed E-state index contributed by atoms with van der Waals surface area (Å²) in [5, 5.41) is 8.70. The van der Waals surface area contributed by atoms with Crippen LogP contribution in [0.25, 0.3) is 44.3 Å². The lowest BCUT2D eigenvalue weighted by Gasteiger charge is -2.33. The minimum absolute atomic E-state index is 0. The molecule has 3 N–H and O–H groups in total. The number of quaternary nitrogens is 1. The number of carbonyl (C=O) groups excluding carboxylic acids is 2. The number of carbonyl (C=O) groups is 2. The van der Waals surface area contributed by atoms with Gasteiger partial charge in [0.15, 0.2) is 0 Å². The molecule has 2 aliphatic carbocycles. The number of nitrogens with one attached hydrogen (secondary N) is 2. The fourth-order valence-corrected chi connectivity index (χ4v) is 10.4. The van der Waals surface area contributed by atoms with Crippen LogP contribution in [0.5, 0.6) is 11.5 Å². The molecule has 10 rings (SSSR count). The number of nitrogens with zero attached hydrogens (tertiary/aromatic N) is 10. The summed E-state index contributed by atoms with van der Waals surface area (Å²) in [6.45, 7) is 7.17. The molecule has 2 saturated carbocycles. The highest BCUT2D eigenvalue weighted by atomic mass is 16.5. The van der Waals surface area contributed by atoms with Crippen molar-refractivity contribution < 1.29 is 29.0 Å². The molecule has 79 heavy (non-hydrogen) atoms. The second kappa shape index (κ2) is 23.9. The minimum atomic E-state index is -0.323. The Balaban J connectivity index is 0.00000757. The molecule has 412 valence electrons. The summed E-state index contributed by atoms with van der Waals surface area (Å²) >= 11 is 0. The highest BCUT2D eigenvalue weighted by Crippen LogP contribution is 2.43. The Morgan fingerprint density at radius 3 is 1.62 bits per heavy atom. The van der Waals surface area contributed by atoms with Gasteiger partial charge >= 0.3 is 0 Å². The number of benzene rings is 4. The van der Waals surface area contributed by atoms with Crippen molar-refractivity contribution in [1.82, 2.24) is 34.0 Å². The third kappa shape index (κ3) is 12.8. The lowest BCUT2D eigenvalue weighted by molar-refractivity contribution is -0.888. The Morgan fingerprint density at radius 2 is 1.15 bits per heavy atom. The predicted octanol–water partition coefficient (Wildman–Crippen LogP) is 9.87. The lowest BCUT2D eigenvalue weighted by atomic mass is 10.1. The SMILES string of the molecule is C=CC(=O)Nc1cc(Cc2nccc(-c3cn(C4CC4)c4ccccc34)n2)c(OC)cc1N(C)CC[N+](C)(C)CCC(=O)Nc1cc(Cc2nccc(-c3cn(C4CC4)c4ccccc34)n2)c(OC)cc1N(C)CCN(C)C.[OH-]. The Labute approximate surface area is 463 Å². The maximum Gasteiger partial charge on any atom is 0.247 e. The van der Waals surface area contributed by atoms with E-state index >= 15 is 0 Å². The second-order valence-corrected chi connectivity index (χ2v) is 21.8. The van der Waals surface area contributed by atoms with Crippen LogP contribution in [0.2, 0.25) is 0 Å². The fourth-order valence-electron chi connectivity index (χ4n) is 10.4. The number of methoxy groups -OCH3 is 2. The zero-order valence-corrected chi connectivity index (χ0v) is 46.9. The minimum Gasteiger partial charge on any atom is -0.870 e. The van der Waals surface area contributed by atoms with Crippen LogP contribution in [0, 0.1) is 0 Å². The van der Waals surface area contributed by atoms with Crippen molar-refractivity contribution >= 4 is 56.4 Å². The van der Waals surface area contributed by atoms with Gasteiger partial charge in [-0.2, -0.15) is 0 Å². The monoisotopic (exact) mass is 1070 g/mol. The molecule has 8 aromatic rings. The molecular weight excluding hydrogens is 993 g/mol. The smallest absolute Gasteiger partial charge is 0.247 e. The maximum absolute atomic E-state index is 14.1. The van der Waals surface area contributed by atoms with Gasteiger partial charge in [0.2, 0.25) is 11.8 Å². The van der Waals surface area contributed by atoms with Gasteiger partial charge in [-0.1, -0.05) is 43.0 Å². The van der Waals surface area contributed by atoms with Crippen molar-refractivity contribution in [3.63, 3.8) is 0 Å². The van der Waals surface area contributed by atoms with Gasteiger partial charge in [0, 0.05) is 133 Å². The van der Waals surface area contributed by atoms with E-state index in [1.165, 1.54) is 53.6 Å². The molecule has 17 nitrogen and oxygen atoms in total. The molecular formula is C62H74N12O5. The van der Waals surface area contributed by atoms with Gasteiger partial charge in [-0.25, -0.2) is 19.9 Å². The van der Waals surface area contributed by atoms with Gasteiger partial charge in [-0.3, -0.25) is 9.59 Å². The summed E-state index contributed by atoms with van der Waals surface area (Å²) in [5.74, 6) is 2.24. The van der Waals surface area contributed by atoms with E-state index in [1.54, 1.807) is 14.2 Å². The molecule has 0 radical (unpaired) electrons. The number of para-hydroxylation sites is 2. The topological polar surface area (TPSA) is 178 Å². The van der Waals surface area contributed by atoms with Crippen LogP contribution in [0.1, 0.15) is 67.0 Å². The largest absolute Gasteiger partial charge is 0.870 e. The van der Waals surface area contributed by atoms with Crippen LogP contribution in [-0.4, -0.2) is 145 Å². The standard InChI is InChI=1S/C62H72N12O4.H2O/c1-10-61(75)67-51-33-41(35-59-63-26-23-49(65-59)47-39-72(43-19-20-43)53-17-13-11-15-45(47)53)58(78-9)38-56(51)71(5)30-32-74(6,7)31-25-62(76)68-52-34-42(57(77-8)37-55(52)70(4)29-28-69(2)3)36-60-64-27-24-50(66-60)48-40-73(44-21-22-44)54-18-14-12-16-46(48)54;/h10-18,23-24,26-27,33-34,37-40,43-44H,1,19-22,25,28-32,35-36H2,2-9H3,(H-,67,68,75,76);1H2. The molecule has 0 aliphatic heterocycles. The van der Waals surface area contributed by atoms with Gasteiger partial charge in [0.25, 0.3) is 0 Å². The summed E-state index contributed by atoms with van der Waals surface area (Å²) < 4.78 is 17.4. The Hall–Kier alpha value is -8.12. The quantitative estimate of drug-likeness (QED) is 0.0433. The fraction of sp³-hybridized carbons (Fsp3) is 0.355. The molecule has 0 atom stereocenters. The van der Waals surface area contributed by atoms with Crippen LogP contribution in [-0.2, 0) is 22.4 Å². The summed E-state index contributed by atoms with van der Waals surface area (Å²) in [4.78, 5) is 53.1. The van der Waals surface area contributed by atoms with Crippen molar-refractivity contribution in [1.29, 1.82) is 0 Å². The van der Waals surface area contributed by atoms with E-state index < -0.39 is 0 Å². The Morgan fingerprint density at radius 1 is 0.671 bits per heavy atom. The van der Waals surface area contributed by atoms with Crippen molar-refractivity contribution in [3.8, 4) is 34.0 Å². The van der Waals surface area contributed by atoms with Crippen molar-refractivity contribution in [2.75, 3.05) is 110 Å². The van der Waals surface area contributed by atoms with E-state index in [1.807, 2.05) is 62.9 Å². The zero-order valence-electron chi connectivity index (χ0n) is 46.9. The summed E-state index contributed by atoms with van der Waals surface area (Å²) in [7, 11) is 15.7. The number of amides is 2. The number of rotatable bonds is 24. The summed E-state index contributed by atoms with van der Waals surface area (Å²) in [6.07, 6.45) is 15.2. The van der Waals surface area contributed by atoms with E-state index in [2.05, 4.69) is 135 Å². The average molecular weight is 1070 g/mol. The van der Waals surface area contributed by atoms with Gasteiger partial charge in [0.1, 0.15) is 23.1 Å². The van der Waals surface area contributed by atoms with Crippen molar-refractivity contribution in [2.45, 2.75) is 57.0 Å². The summed E-state index contributed by atoms with van der Waals surface area (Å²) in [5.41, 5.74) is 11.0. The molecule has 0 unspecified atom stereocenters. The molecule has 4 heterocycles. The zero-order chi connectivity index (χ0) is 54.7. The number of aromatic nitrogens is 6. The van der Waals surface area contributed by atoms with Crippen LogP contribution >= 0.6 is 0 Å². The predicted molar refractivity (Wildman–Crippen MR) is 315 cm³/mol. The summed E-state index contributed by atoms with van der Waals surface area (Å²) in [6, 6.07) is 30.0. The van der Waals surface area contributed by atoms with Gasteiger partial charge in [-0.15, -0.1) is 0 Å². The third-order valence-electron chi connectivity index (χ3n) is 15.2. The molecule has 2 amide bonds. The van der Waals surface area contributed by atoms with Crippen molar-refractivity contribution in [2.24, 2.45) is 0 Å². The number of hydrogen-bond donors (Lipinski definition) is 2. The maximum atomic E-state index is 14.1. The number of hydrogen-bond acceptors (Lipinski definition) is 12. The van der Waals surface area contributed by atoms with Crippen LogP contribution in [0.3, 0.4) is 0 Å². The number of anilines is 4. The number of ether oxygens (including phenoxy) is 2. The Kier molecular flexibility index (Phi) is 16.8. The third-order valence-corrected chi connectivity index (χ3v) is 15.2. The van der Waals surface area contributed by atoms with Crippen LogP contribution < -0.4 is 29.9 Å². The lowest BCUT2D eigenvalue weighted by Crippen LogP contribution is -2.46. The van der Waals surface area contributed by atoms with E-state index in [0.717, 1.165) is 58.1 Å². The molecule has 0 spiro atoms. The van der Waals surface area contributed by atoms with E-state index in [4.69, 9.17) is 24.4 Å². The molecule has 4 aromatic heterocycles. The van der Waals surface area contributed by atoms with E-state index in [-0.39, 0.29) is 23.7 Å². The molecule has 2 aliphatic rings. The first kappa shape index (κ1) is 55.6. The molecule has 17 heteroatoms. The van der Waals surface area contributed by atoms with Gasteiger partial charge in [0.05, 0.1) is 88.5 Å². The van der Waals surface area contributed by atoms with Crippen molar-refractivity contribution in [3.05, 3.63) is 145 Å². The second-order valence-electron chi connectivity index (χ2n) is 21.8. The van der Waals surface area contributed by atoms with Gasteiger partial charge < -0.3 is 53.9 Å². The molecule has 2 fully saturated rings. The first-order chi connectivity index (χ1) is 37.7. The van der Waals surface area contributed by atoms with Crippen LogP contribution in [0.4, 0.5) is 22.7 Å². The Bertz CT molecular complexity index is 3500. The molecule has 0 saturated heterocycles. The van der Waals surface area contributed by atoms with Gasteiger partial charge in [-0.05, 0) is 82.3 Å². The highest BCUT2D eigenvalue weighted by Gasteiger charge is 2.29. The van der Waals surface area contributed by atoms with Crippen LogP contribution in [0.15, 0.2) is 122 Å². The number of fused-ring (bicyclic) bond motifs is 2. The molecule has 0 bridgehead atoms. The first-order valence-electron chi connectivity index (χ1n) is 27.1. The average Bonchev–Trinajstić information content (AvgIpc) is 4.46. The highest BCUT2D eigenvalue weighted by molar-refractivity contribution is 6.02. The normalized spacial score (nSPS) is 13.3. The van der Waals surface area contributed by atoms with E-state index in [9.17, 15) is 9.59 Å². The molecule has 4 aromatic carbocycles. The first-order valence-corrected chi connectivity index (χ1v) is 27.1. The number of likely N-dealkylation sites (N-methyl/N-ethyl adjacent to an activating group) is 4.